The summed E-state index contributed by atoms with van der Waals surface area (Å²) in [6.45, 7) is 0. The van der Waals surface area contributed by atoms with Crippen molar-refractivity contribution in [2.45, 2.75) is 12.3 Å². The Hall–Kier alpha value is -5.20. The van der Waals surface area contributed by atoms with Gasteiger partial charge in [0.1, 0.15) is 22.4 Å². The van der Waals surface area contributed by atoms with E-state index in [1.807, 2.05) is 36.4 Å². The Morgan fingerprint density at radius 3 is 2.42 bits per heavy atom. The second-order valence-electron chi connectivity index (χ2n) is 9.19. The van der Waals surface area contributed by atoms with E-state index in [0.29, 0.717) is 17.0 Å². The number of hydrogen-bond donors (Lipinski definition) is 2. The molecule has 0 saturated carbocycles. The van der Waals surface area contributed by atoms with E-state index in [0.717, 1.165) is 45.2 Å². The van der Waals surface area contributed by atoms with Crippen LogP contribution in [0, 0.1) is 17.1 Å². The van der Waals surface area contributed by atoms with E-state index in [2.05, 4.69) is 26.6 Å². The first-order chi connectivity index (χ1) is 19.6. The Balaban J connectivity index is 1.37. The highest BCUT2D eigenvalue weighted by molar-refractivity contribution is 6.31. The number of nitrogens with zero attached hydrogens (tertiary/aromatic N) is 6. The van der Waals surface area contributed by atoms with Crippen molar-refractivity contribution in [1.29, 1.82) is 5.26 Å². The summed E-state index contributed by atoms with van der Waals surface area (Å²) in [5, 5.41) is 20.2. The van der Waals surface area contributed by atoms with Gasteiger partial charge in [-0.1, -0.05) is 47.1 Å². The third kappa shape index (κ3) is 5.21. The van der Waals surface area contributed by atoms with Crippen LogP contribution in [-0.2, 0) is 6.42 Å². The van der Waals surface area contributed by atoms with Crippen LogP contribution in [-0.4, -0.2) is 30.5 Å². The molecule has 0 fully saturated rings. The van der Waals surface area contributed by atoms with Crippen molar-refractivity contribution in [3.63, 3.8) is 0 Å². The number of halogens is 2. The van der Waals surface area contributed by atoms with Gasteiger partial charge in [-0.15, -0.1) is 4.68 Å². The van der Waals surface area contributed by atoms with Gasteiger partial charge in [-0.25, -0.2) is 9.37 Å². The highest BCUT2D eigenvalue weighted by Gasteiger charge is 2.21. The van der Waals surface area contributed by atoms with Crippen molar-refractivity contribution >= 4 is 11.6 Å². The number of nitrogens with one attached hydrogen (secondary N) is 2. The molecule has 0 radical (unpaired) electrons. The quantitative estimate of drug-likeness (QED) is 0.254. The largest absolute Gasteiger partial charge is 0.341 e. The average Bonchev–Trinajstić information content (AvgIpc) is 3.70. The maximum atomic E-state index is 13.6. The van der Waals surface area contributed by atoms with Crippen molar-refractivity contribution < 1.29 is 9.07 Å². The minimum Gasteiger partial charge on any atom is -0.341 e. The van der Waals surface area contributed by atoms with Crippen LogP contribution < -0.4 is 4.68 Å². The minimum atomic E-state index is -0.286. The molecule has 3 aromatic carbocycles. The van der Waals surface area contributed by atoms with Crippen LogP contribution in [0.1, 0.15) is 28.6 Å². The van der Waals surface area contributed by atoms with Gasteiger partial charge in [0.15, 0.2) is 5.21 Å². The van der Waals surface area contributed by atoms with Gasteiger partial charge in [0.2, 0.25) is 0 Å². The highest BCUT2D eigenvalue weighted by atomic mass is 35.5. The van der Waals surface area contributed by atoms with Crippen LogP contribution in [0.3, 0.4) is 0 Å². The van der Waals surface area contributed by atoms with Crippen LogP contribution in [0.15, 0.2) is 97.6 Å². The molecule has 0 aliphatic carbocycles. The lowest BCUT2D eigenvalue weighted by atomic mass is 9.94. The predicted octanol–water partition coefficient (Wildman–Crippen LogP) is 5.57. The van der Waals surface area contributed by atoms with Gasteiger partial charge in [0.25, 0.3) is 6.33 Å². The average molecular weight is 548 g/mol. The molecule has 6 aromatic rings. The molecule has 3 aromatic heterocycles. The summed E-state index contributed by atoms with van der Waals surface area (Å²) in [6, 6.07) is 25.4. The first-order valence-corrected chi connectivity index (χ1v) is 12.8. The number of nitriles is 1. The number of imidazole rings is 1. The lowest BCUT2D eigenvalue weighted by molar-refractivity contribution is -0.659. The maximum absolute atomic E-state index is 13.6. The summed E-state index contributed by atoms with van der Waals surface area (Å²) in [4.78, 5) is 13.0. The summed E-state index contributed by atoms with van der Waals surface area (Å²) >= 11 is 6.33. The fourth-order valence-electron chi connectivity index (χ4n) is 4.60. The monoisotopic (exact) mass is 547 g/mol. The zero-order valence-electron chi connectivity index (χ0n) is 21.0. The fourth-order valence-corrected chi connectivity index (χ4v) is 4.77. The van der Waals surface area contributed by atoms with Gasteiger partial charge in [-0.05, 0) is 66.1 Å². The number of benzene rings is 3. The van der Waals surface area contributed by atoms with E-state index in [9.17, 15) is 4.39 Å². The molecule has 2 N–H and O–H groups in total. The number of aromatic nitrogens is 7. The molecule has 1 atom stereocenters. The summed E-state index contributed by atoms with van der Waals surface area (Å²) in [5.74, 6) is 0.217. The van der Waals surface area contributed by atoms with Crippen molar-refractivity contribution in [2.24, 2.45) is 0 Å². The van der Waals surface area contributed by atoms with Crippen LogP contribution >= 0.6 is 11.6 Å². The number of rotatable bonds is 7. The van der Waals surface area contributed by atoms with Gasteiger partial charge in [0.05, 0.1) is 35.1 Å². The second kappa shape index (κ2) is 10.9. The number of tetrazole rings is 1. The zero-order chi connectivity index (χ0) is 27.5. The molecule has 0 aliphatic heterocycles. The highest BCUT2D eigenvalue weighted by Crippen LogP contribution is 2.31. The second-order valence-corrected chi connectivity index (χ2v) is 9.63. The molecule has 1 unspecified atom stereocenters. The summed E-state index contributed by atoms with van der Waals surface area (Å²) in [5.41, 5.74) is 6.63. The molecular weight excluding hydrogens is 527 g/mol. The molecule has 0 amide bonds. The summed E-state index contributed by atoms with van der Waals surface area (Å²) in [6.07, 6.45) is 5.72. The summed E-state index contributed by atoms with van der Waals surface area (Å²) in [7, 11) is 0. The van der Waals surface area contributed by atoms with Crippen LogP contribution in [0.4, 0.5) is 4.39 Å². The Morgan fingerprint density at radius 2 is 1.73 bits per heavy atom. The topological polar surface area (TPSA) is 111 Å². The first-order valence-electron chi connectivity index (χ1n) is 12.4. The molecule has 10 heteroatoms. The van der Waals surface area contributed by atoms with Gasteiger partial charge in [-0.2, -0.15) is 5.26 Å². The molecule has 0 aliphatic rings. The molecule has 40 heavy (non-hydrogen) atoms. The van der Waals surface area contributed by atoms with Crippen molar-refractivity contribution in [2.75, 3.05) is 0 Å². The predicted molar refractivity (Wildman–Crippen MR) is 147 cm³/mol. The molecule has 3 heterocycles. The molecule has 0 saturated heterocycles. The Labute approximate surface area is 233 Å². The van der Waals surface area contributed by atoms with E-state index >= 15 is 0 Å². The lowest BCUT2D eigenvalue weighted by Gasteiger charge is -2.16. The van der Waals surface area contributed by atoms with Crippen LogP contribution in [0.5, 0.6) is 0 Å². The zero-order valence-corrected chi connectivity index (χ0v) is 21.7. The maximum Gasteiger partial charge on any atom is 0.293 e. The first kappa shape index (κ1) is 25.1. The molecule has 8 nitrogen and oxygen atoms in total. The smallest absolute Gasteiger partial charge is 0.293 e. The van der Waals surface area contributed by atoms with Crippen molar-refractivity contribution in [1.82, 2.24) is 30.5 Å². The van der Waals surface area contributed by atoms with E-state index in [4.69, 9.17) is 26.8 Å². The molecular formula is C30H21ClFN8+. The SMILES string of the molecule is N#Cc1ccc(-c2cnc(C(Cc3ccc(F)cc3)c3ccc(-c4cc(Cl)ccc4-[n+]4cnn[nH]4)cn3)[nH]2)cc1. The Bertz CT molecular complexity index is 1790. The van der Waals surface area contributed by atoms with E-state index in [-0.39, 0.29) is 11.7 Å². The molecule has 194 valence electrons. The van der Waals surface area contributed by atoms with Gasteiger partial charge >= 0.3 is 0 Å². The lowest BCUT2D eigenvalue weighted by Crippen LogP contribution is -2.32. The fraction of sp³-hybridized carbons (Fsp3) is 0.0667. The van der Waals surface area contributed by atoms with Gasteiger partial charge in [0, 0.05) is 22.3 Å². The van der Waals surface area contributed by atoms with Crippen LogP contribution in [0.25, 0.3) is 28.1 Å². The normalized spacial score (nSPS) is 11.7. The van der Waals surface area contributed by atoms with Gasteiger partial charge in [-0.3, -0.25) is 4.98 Å². The van der Waals surface area contributed by atoms with Crippen LogP contribution in [0.2, 0.25) is 5.02 Å². The Morgan fingerprint density at radius 1 is 0.925 bits per heavy atom. The van der Waals surface area contributed by atoms with E-state index in [1.165, 1.54) is 12.1 Å². The minimum absolute atomic E-state index is 0.225. The Kier molecular flexibility index (Phi) is 6.83. The standard InChI is InChI=1S/C30H20ClFN8/c31-23-8-12-29(40-18-36-38-39-40)25(14-23)22-7-11-27(34-16-22)26(13-19-3-9-24(32)10-4-19)30-35-17-28(37-30)21-5-1-20(15-33)2-6-21/h1-12,14,16-18,26H,13H2,(H,35,37)/p+1. The third-order valence-corrected chi connectivity index (χ3v) is 6.89. The third-order valence-electron chi connectivity index (χ3n) is 6.65. The number of H-pyrrole nitrogens is 2. The molecule has 0 bridgehead atoms. The summed E-state index contributed by atoms with van der Waals surface area (Å²) < 4.78 is 15.3. The number of hydrogen-bond acceptors (Lipinski definition) is 5. The molecule has 0 spiro atoms. The molecule has 6 rings (SSSR count). The van der Waals surface area contributed by atoms with Crippen molar-refractivity contribution in [3.05, 3.63) is 131 Å². The van der Waals surface area contributed by atoms with E-state index in [1.54, 1.807) is 53.7 Å². The van der Waals surface area contributed by atoms with Gasteiger partial charge < -0.3 is 4.98 Å². The van der Waals surface area contributed by atoms with Crippen molar-refractivity contribution in [3.8, 4) is 34.1 Å². The van der Waals surface area contributed by atoms with E-state index < -0.39 is 0 Å². The number of aromatic amines is 2. The number of pyridine rings is 1.